The quantitative estimate of drug-likeness (QED) is 0.637. The summed E-state index contributed by atoms with van der Waals surface area (Å²) >= 11 is 0. The number of likely N-dealkylation sites (N-methyl/N-ethyl adjacent to an activating group) is 1. The molecular weight excluding hydrogens is 381 g/mol. The number of nitrogens with one attached hydrogen (secondary N) is 1. The average Bonchev–Trinajstić information content (AvgIpc) is 3.18. The van der Waals surface area contributed by atoms with Gasteiger partial charge in [0.1, 0.15) is 11.6 Å². The molecule has 0 aliphatic carbocycles. The fraction of sp³-hybridized carbons (Fsp3) is 0.458. The molecule has 0 aromatic heterocycles. The predicted molar refractivity (Wildman–Crippen MR) is 120 cm³/mol. The van der Waals surface area contributed by atoms with Crippen LogP contribution in [0.25, 0.3) is 0 Å². The number of carbonyl (C=O) groups is 1. The lowest BCUT2D eigenvalue weighted by atomic mass is 10.1. The van der Waals surface area contributed by atoms with E-state index in [1.54, 1.807) is 24.3 Å². The molecule has 6 heteroatoms. The Hall–Kier alpha value is -2.60. The van der Waals surface area contributed by atoms with Crippen molar-refractivity contribution in [2.45, 2.75) is 39.2 Å². The number of aryl methyl sites for hydroxylation is 1. The van der Waals surface area contributed by atoms with E-state index in [2.05, 4.69) is 36.1 Å². The highest BCUT2D eigenvalue weighted by Crippen LogP contribution is 2.28. The van der Waals surface area contributed by atoms with E-state index in [0.717, 1.165) is 43.7 Å². The maximum absolute atomic E-state index is 14.7. The third kappa shape index (κ3) is 5.30. The normalized spacial score (nSPS) is 16.2. The molecule has 1 N–H and O–H groups in total. The lowest BCUT2D eigenvalue weighted by Gasteiger charge is -2.22. The van der Waals surface area contributed by atoms with Gasteiger partial charge < -0.3 is 19.9 Å². The molecule has 1 fully saturated rings. The second-order valence-corrected chi connectivity index (χ2v) is 8.15. The fourth-order valence-corrected chi connectivity index (χ4v) is 3.74. The van der Waals surface area contributed by atoms with Crippen LogP contribution in [0.4, 0.5) is 15.8 Å². The molecular formula is C24H32FN3O2. The highest BCUT2D eigenvalue weighted by molar-refractivity contribution is 6.05. The van der Waals surface area contributed by atoms with Crippen LogP contribution >= 0.6 is 0 Å². The first-order chi connectivity index (χ1) is 14.4. The number of unbranched alkanes of at least 4 members (excludes halogenated alkanes) is 1. The third-order valence-corrected chi connectivity index (χ3v) is 5.65. The second kappa shape index (κ2) is 9.94. The van der Waals surface area contributed by atoms with Crippen LogP contribution in [0.15, 0.2) is 36.4 Å². The molecule has 3 rings (SSSR count). The first-order valence-corrected chi connectivity index (χ1v) is 10.6. The number of benzene rings is 2. The van der Waals surface area contributed by atoms with Crippen LogP contribution in [-0.2, 0) is 0 Å². The molecule has 1 aliphatic heterocycles. The molecule has 162 valence electrons. The first kappa shape index (κ1) is 22.1. The van der Waals surface area contributed by atoms with Crippen molar-refractivity contribution in [3.05, 3.63) is 53.3 Å². The van der Waals surface area contributed by atoms with Crippen molar-refractivity contribution in [3.8, 4) is 5.75 Å². The van der Waals surface area contributed by atoms with Crippen LogP contribution in [0.2, 0.25) is 0 Å². The van der Waals surface area contributed by atoms with Crippen LogP contribution in [0.5, 0.6) is 5.75 Å². The Balaban J connectivity index is 1.65. The van der Waals surface area contributed by atoms with Crippen molar-refractivity contribution in [1.29, 1.82) is 0 Å². The van der Waals surface area contributed by atoms with Gasteiger partial charge in [-0.05, 0) is 75.8 Å². The summed E-state index contributed by atoms with van der Waals surface area (Å²) in [7, 11) is 4.10. The Morgan fingerprint density at radius 1 is 1.27 bits per heavy atom. The van der Waals surface area contributed by atoms with Crippen molar-refractivity contribution in [2.75, 3.05) is 44.0 Å². The van der Waals surface area contributed by atoms with Gasteiger partial charge in [0, 0.05) is 30.4 Å². The SMILES string of the molecule is CCCCOc1ccc(C(=O)Nc2ccc(N3CCC(N(C)C)C3)c(F)c2)c(C)c1. The molecule has 0 bridgehead atoms. The highest BCUT2D eigenvalue weighted by atomic mass is 19.1. The van der Waals surface area contributed by atoms with Gasteiger partial charge >= 0.3 is 0 Å². The molecule has 1 unspecified atom stereocenters. The lowest BCUT2D eigenvalue weighted by molar-refractivity contribution is 0.102. The summed E-state index contributed by atoms with van der Waals surface area (Å²) in [6.45, 7) is 6.29. The fourth-order valence-electron chi connectivity index (χ4n) is 3.74. The van der Waals surface area contributed by atoms with Crippen LogP contribution < -0.4 is 15.0 Å². The molecule has 2 aromatic carbocycles. The Morgan fingerprint density at radius 2 is 2.07 bits per heavy atom. The molecule has 0 saturated carbocycles. The zero-order valence-corrected chi connectivity index (χ0v) is 18.4. The molecule has 0 spiro atoms. The summed E-state index contributed by atoms with van der Waals surface area (Å²) in [6.07, 6.45) is 3.08. The second-order valence-electron chi connectivity index (χ2n) is 8.15. The first-order valence-electron chi connectivity index (χ1n) is 10.6. The van der Waals surface area contributed by atoms with Crippen molar-refractivity contribution in [3.63, 3.8) is 0 Å². The van der Waals surface area contributed by atoms with Gasteiger partial charge in [-0.1, -0.05) is 13.3 Å². The van der Waals surface area contributed by atoms with Gasteiger partial charge in [-0.25, -0.2) is 4.39 Å². The zero-order chi connectivity index (χ0) is 21.7. The largest absolute Gasteiger partial charge is 0.494 e. The van der Waals surface area contributed by atoms with Gasteiger partial charge in [-0.3, -0.25) is 4.79 Å². The van der Waals surface area contributed by atoms with E-state index >= 15 is 0 Å². The standard InChI is InChI=1S/C24H32FN3O2/c1-5-6-13-30-20-8-9-21(17(2)14-20)24(29)26-18-7-10-23(22(25)15-18)28-12-11-19(16-28)27(3)4/h7-10,14-15,19H,5-6,11-13,16H2,1-4H3,(H,26,29). The van der Waals surface area contributed by atoms with E-state index in [9.17, 15) is 9.18 Å². The van der Waals surface area contributed by atoms with E-state index in [0.29, 0.717) is 29.6 Å². The Kier molecular flexibility index (Phi) is 7.32. The smallest absolute Gasteiger partial charge is 0.255 e. The van der Waals surface area contributed by atoms with E-state index in [-0.39, 0.29) is 11.7 Å². The van der Waals surface area contributed by atoms with Gasteiger partial charge in [0.2, 0.25) is 0 Å². The van der Waals surface area contributed by atoms with Crippen LogP contribution in [0, 0.1) is 12.7 Å². The number of ether oxygens (including phenoxy) is 1. The minimum absolute atomic E-state index is 0.256. The number of rotatable bonds is 8. The topological polar surface area (TPSA) is 44.8 Å². The summed E-state index contributed by atoms with van der Waals surface area (Å²) in [5, 5.41) is 2.81. The van der Waals surface area contributed by atoms with Crippen molar-refractivity contribution in [2.24, 2.45) is 0 Å². The summed E-state index contributed by atoms with van der Waals surface area (Å²) in [4.78, 5) is 16.9. The number of hydrogen-bond acceptors (Lipinski definition) is 4. The van der Waals surface area contributed by atoms with Gasteiger partial charge in [-0.15, -0.1) is 0 Å². The number of hydrogen-bond donors (Lipinski definition) is 1. The summed E-state index contributed by atoms with van der Waals surface area (Å²) in [6, 6.07) is 10.8. The number of halogens is 1. The monoisotopic (exact) mass is 413 g/mol. The van der Waals surface area contributed by atoms with Crippen LogP contribution in [0.3, 0.4) is 0 Å². The van der Waals surface area contributed by atoms with Crippen molar-refractivity contribution in [1.82, 2.24) is 4.90 Å². The number of anilines is 2. The number of nitrogens with zero attached hydrogens (tertiary/aromatic N) is 2. The lowest BCUT2D eigenvalue weighted by Crippen LogP contribution is -2.31. The highest BCUT2D eigenvalue weighted by Gasteiger charge is 2.26. The Labute approximate surface area is 178 Å². The molecule has 0 radical (unpaired) electrons. The van der Waals surface area contributed by atoms with Gasteiger partial charge in [0.05, 0.1) is 12.3 Å². The van der Waals surface area contributed by atoms with E-state index in [4.69, 9.17) is 4.74 Å². The Morgan fingerprint density at radius 3 is 2.70 bits per heavy atom. The minimum atomic E-state index is -0.316. The van der Waals surface area contributed by atoms with Crippen LogP contribution in [0.1, 0.15) is 42.1 Å². The summed E-state index contributed by atoms with van der Waals surface area (Å²) in [5.74, 6) is 0.187. The maximum atomic E-state index is 14.7. The van der Waals surface area contributed by atoms with Gasteiger partial charge in [0.15, 0.2) is 0 Å². The predicted octanol–water partition coefficient (Wildman–Crippen LogP) is 4.71. The molecule has 1 amide bonds. The average molecular weight is 414 g/mol. The van der Waals surface area contributed by atoms with Crippen LogP contribution in [-0.4, -0.2) is 50.6 Å². The Bertz CT molecular complexity index is 885. The van der Waals surface area contributed by atoms with E-state index in [1.165, 1.54) is 6.07 Å². The molecule has 5 nitrogen and oxygen atoms in total. The van der Waals surface area contributed by atoms with E-state index < -0.39 is 0 Å². The molecule has 30 heavy (non-hydrogen) atoms. The summed E-state index contributed by atoms with van der Waals surface area (Å²) < 4.78 is 20.4. The maximum Gasteiger partial charge on any atom is 0.255 e. The zero-order valence-electron chi connectivity index (χ0n) is 18.4. The number of carbonyl (C=O) groups excluding carboxylic acids is 1. The molecule has 1 aliphatic rings. The molecule has 1 saturated heterocycles. The van der Waals surface area contributed by atoms with Crippen molar-refractivity contribution < 1.29 is 13.9 Å². The number of amides is 1. The van der Waals surface area contributed by atoms with E-state index in [1.807, 2.05) is 13.0 Å². The molecule has 2 aromatic rings. The van der Waals surface area contributed by atoms with Gasteiger partial charge in [-0.2, -0.15) is 0 Å². The summed E-state index contributed by atoms with van der Waals surface area (Å²) in [5.41, 5.74) is 2.41. The molecule has 1 atom stereocenters. The minimum Gasteiger partial charge on any atom is -0.494 e. The third-order valence-electron chi connectivity index (χ3n) is 5.65. The van der Waals surface area contributed by atoms with Gasteiger partial charge in [0.25, 0.3) is 5.91 Å². The molecule has 1 heterocycles. The van der Waals surface area contributed by atoms with Crippen molar-refractivity contribution >= 4 is 17.3 Å².